The molecule has 3 heteroatoms. The monoisotopic (exact) mass is 368 g/mol. The van der Waals surface area contributed by atoms with Crippen LogP contribution in [0.3, 0.4) is 0 Å². The zero-order valence-electron chi connectivity index (χ0n) is 16.2. The second kappa shape index (κ2) is 6.52. The predicted octanol–water partition coefficient (Wildman–Crippen LogP) is 5.37. The van der Waals surface area contributed by atoms with Gasteiger partial charge in [-0.15, -0.1) is 0 Å². The lowest BCUT2D eigenvalue weighted by atomic mass is 9.75. The standard InChI is InChI=1S/C25H24N2O/c1-27(2)25(28)22-15-7-14-21-18-11-6-13-20(18)23(26-24(21)22)19-12-5-9-16-8-3-4-10-17(16)19/h3-12,14-15,18,20,23,26H,13H2,1-2H3. The van der Waals surface area contributed by atoms with E-state index in [0.717, 1.165) is 17.7 Å². The van der Waals surface area contributed by atoms with E-state index in [-0.39, 0.29) is 11.9 Å². The summed E-state index contributed by atoms with van der Waals surface area (Å²) in [6, 6.07) is 21.4. The topological polar surface area (TPSA) is 32.3 Å². The average Bonchev–Trinajstić information content (AvgIpc) is 3.22. The zero-order chi connectivity index (χ0) is 19.3. The van der Waals surface area contributed by atoms with Crippen molar-refractivity contribution in [3.8, 4) is 0 Å². The number of hydrogen-bond acceptors (Lipinski definition) is 2. The number of para-hydroxylation sites is 1. The van der Waals surface area contributed by atoms with Gasteiger partial charge in [0.25, 0.3) is 5.91 Å². The lowest BCUT2D eigenvalue weighted by Gasteiger charge is -2.39. The second-order valence-corrected chi connectivity index (χ2v) is 8.01. The zero-order valence-corrected chi connectivity index (χ0v) is 16.2. The van der Waals surface area contributed by atoms with Gasteiger partial charge in [0.1, 0.15) is 0 Å². The van der Waals surface area contributed by atoms with E-state index in [1.807, 2.05) is 26.2 Å². The summed E-state index contributed by atoms with van der Waals surface area (Å²) >= 11 is 0. The number of carbonyl (C=O) groups is 1. The normalized spacial score (nSPS) is 22.4. The number of allylic oxidation sites excluding steroid dienone is 2. The molecule has 0 bridgehead atoms. The number of benzene rings is 3. The van der Waals surface area contributed by atoms with Crippen molar-refractivity contribution in [1.82, 2.24) is 4.90 Å². The maximum Gasteiger partial charge on any atom is 0.255 e. The van der Waals surface area contributed by atoms with Crippen LogP contribution in [0.5, 0.6) is 0 Å². The molecule has 1 amide bonds. The lowest BCUT2D eigenvalue weighted by molar-refractivity contribution is 0.0828. The molecule has 0 radical (unpaired) electrons. The molecule has 1 N–H and O–H groups in total. The molecule has 1 aliphatic carbocycles. The number of fused-ring (bicyclic) bond motifs is 4. The summed E-state index contributed by atoms with van der Waals surface area (Å²) in [7, 11) is 3.62. The fraction of sp³-hybridized carbons (Fsp3) is 0.240. The number of nitrogens with zero attached hydrogens (tertiary/aromatic N) is 1. The molecular weight excluding hydrogens is 344 g/mol. The fourth-order valence-corrected chi connectivity index (χ4v) is 4.87. The molecule has 3 atom stereocenters. The van der Waals surface area contributed by atoms with Crippen molar-refractivity contribution in [3.05, 3.63) is 89.5 Å². The molecule has 0 saturated carbocycles. The van der Waals surface area contributed by atoms with Gasteiger partial charge in [0.15, 0.2) is 0 Å². The summed E-state index contributed by atoms with van der Waals surface area (Å²) in [5.41, 5.74) is 4.30. The largest absolute Gasteiger partial charge is 0.377 e. The van der Waals surface area contributed by atoms with Crippen LogP contribution in [-0.2, 0) is 0 Å². The van der Waals surface area contributed by atoms with Gasteiger partial charge < -0.3 is 10.2 Å². The van der Waals surface area contributed by atoms with Crippen molar-refractivity contribution in [2.24, 2.45) is 5.92 Å². The maximum absolute atomic E-state index is 12.8. The molecule has 28 heavy (non-hydrogen) atoms. The van der Waals surface area contributed by atoms with Gasteiger partial charge in [-0.25, -0.2) is 0 Å². The predicted molar refractivity (Wildman–Crippen MR) is 115 cm³/mol. The Kier molecular flexibility index (Phi) is 3.97. The van der Waals surface area contributed by atoms with E-state index in [0.29, 0.717) is 11.8 Å². The Morgan fingerprint density at radius 2 is 1.71 bits per heavy atom. The fourth-order valence-electron chi connectivity index (χ4n) is 4.87. The second-order valence-electron chi connectivity index (χ2n) is 8.01. The van der Waals surface area contributed by atoms with E-state index in [2.05, 4.69) is 66.0 Å². The highest BCUT2D eigenvalue weighted by Crippen LogP contribution is 2.51. The van der Waals surface area contributed by atoms with Crippen molar-refractivity contribution in [3.63, 3.8) is 0 Å². The summed E-state index contributed by atoms with van der Waals surface area (Å²) in [6.07, 6.45) is 5.67. The van der Waals surface area contributed by atoms with Crippen LogP contribution in [0.15, 0.2) is 72.8 Å². The first-order valence-electron chi connectivity index (χ1n) is 9.90. The van der Waals surface area contributed by atoms with Crippen LogP contribution in [0.25, 0.3) is 10.8 Å². The Morgan fingerprint density at radius 1 is 0.964 bits per heavy atom. The van der Waals surface area contributed by atoms with Gasteiger partial charge in [-0.3, -0.25) is 4.79 Å². The molecule has 0 saturated heterocycles. The molecule has 1 heterocycles. The van der Waals surface area contributed by atoms with E-state index in [1.165, 1.54) is 21.9 Å². The maximum atomic E-state index is 12.8. The molecule has 0 aromatic heterocycles. The average molecular weight is 368 g/mol. The van der Waals surface area contributed by atoms with Crippen LogP contribution in [0, 0.1) is 5.92 Å². The Hall–Kier alpha value is -3.07. The van der Waals surface area contributed by atoms with Crippen LogP contribution in [0.2, 0.25) is 0 Å². The first kappa shape index (κ1) is 17.1. The van der Waals surface area contributed by atoms with Gasteiger partial charge in [0.05, 0.1) is 17.3 Å². The van der Waals surface area contributed by atoms with Crippen molar-refractivity contribution in [2.45, 2.75) is 18.4 Å². The number of rotatable bonds is 2. The minimum atomic E-state index is 0.0430. The van der Waals surface area contributed by atoms with Crippen LogP contribution in [-0.4, -0.2) is 24.9 Å². The molecule has 0 spiro atoms. The van der Waals surface area contributed by atoms with E-state index in [9.17, 15) is 4.79 Å². The minimum absolute atomic E-state index is 0.0430. The highest BCUT2D eigenvalue weighted by molar-refractivity contribution is 6.00. The van der Waals surface area contributed by atoms with Gasteiger partial charge in [0.2, 0.25) is 0 Å². The first-order valence-corrected chi connectivity index (χ1v) is 9.90. The smallest absolute Gasteiger partial charge is 0.255 e. The number of amides is 1. The molecule has 3 unspecified atom stereocenters. The van der Waals surface area contributed by atoms with Gasteiger partial charge in [0, 0.05) is 20.0 Å². The van der Waals surface area contributed by atoms with Gasteiger partial charge in [-0.05, 0) is 40.3 Å². The Balaban J connectivity index is 1.68. The van der Waals surface area contributed by atoms with Gasteiger partial charge >= 0.3 is 0 Å². The Bertz CT molecular complexity index is 1090. The summed E-state index contributed by atoms with van der Waals surface area (Å²) in [5.74, 6) is 0.847. The van der Waals surface area contributed by atoms with E-state index in [4.69, 9.17) is 0 Å². The SMILES string of the molecule is CN(C)C(=O)c1cccc2c1NC(c1cccc3ccccc13)C1CC=CC21. The number of nitrogens with one attached hydrogen (secondary N) is 1. The number of carbonyl (C=O) groups excluding carboxylic acids is 1. The molecule has 2 aliphatic rings. The first-order chi connectivity index (χ1) is 13.6. The summed E-state index contributed by atoms with van der Waals surface area (Å²) in [6.45, 7) is 0. The summed E-state index contributed by atoms with van der Waals surface area (Å²) < 4.78 is 0. The van der Waals surface area contributed by atoms with Crippen molar-refractivity contribution < 1.29 is 4.79 Å². The lowest BCUT2D eigenvalue weighted by Crippen LogP contribution is -2.32. The molecule has 1 aliphatic heterocycles. The molecule has 3 nitrogen and oxygen atoms in total. The van der Waals surface area contributed by atoms with Crippen molar-refractivity contribution in [2.75, 3.05) is 19.4 Å². The van der Waals surface area contributed by atoms with Crippen LogP contribution >= 0.6 is 0 Å². The van der Waals surface area contributed by atoms with Gasteiger partial charge in [-0.1, -0.05) is 66.7 Å². The highest BCUT2D eigenvalue weighted by atomic mass is 16.2. The highest BCUT2D eigenvalue weighted by Gasteiger charge is 2.39. The Morgan fingerprint density at radius 3 is 2.57 bits per heavy atom. The molecular formula is C25H24N2O. The van der Waals surface area contributed by atoms with E-state index >= 15 is 0 Å². The minimum Gasteiger partial charge on any atom is -0.377 e. The summed E-state index contributed by atoms with van der Waals surface area (Å²) in [5, 5.41) is 6.34. The third-order valence-corrected chi connectivity index (χ3v) is 6.19. The van der Waals surface area contributed by atoms with Crippen molar-refractivity contribution in [1.29, 1.82) is 0 Å². The quantitative estimate of drug-likeness (QED) is 0.617. The molecule has 3 aromatic carbocycles. The number of anilines is 1. The van der Waals surface area contributed by atoms with E-state index < -0.39 is 0 Å². The molecule has 3 aromatic rings. The van der Waals surface area contributed by atoms with Crippen LogP contribution in [0.1, 0.15) is 39.9 Å². The third kappa shape index (κ3) is 2.54. The van der Waals surface area contributed by atoms with E-state index in [1.54, 1.807) is 4.90 Å². The number of hydrogen-bond donors (Lipinski definition) is 1. The molecule has 5 rings (SSSR count). The van der Waals surface area contributed by atoms with Crippen LogP contribution < -0.4 is 5.32 Å². The van der Waals surface area contributed by atoms with Crippen molar-refractivity contribution >= 4 is 22.4 Å². The molecule has 0 fully saturated rings. The third-order valence-electron chi connectivity index (χ3n) is 6.19. The van der Waals surface area contributed by atoms with Crippen LogP contribution in [0.4, 0.5) is 5.69 Å². The van der Waals surface area contributed by atoms with Gasteiger partial charge in [-0.2, -0.15) is 0 Å². The summed E-state index contributed by atoms with van der Waals surface area (Å²) in [4.78, 5) is 14.5. The molecule has 140 valence electrons. The Labute approximate surface area is 165 Å².